The van der Waals surface area contributed by atoms with Crippen LogP contribution in [0.4, 0.5) is 5.69 Å². The van der Waals surface area contributed by atoms with Gasteiger partial charge in [0, 0.05) is 30.0 Å². The third-order valence-electron chi connectivity index (χ3n) is 6.17. The molecular formula is C25H30N2O2. The highest BCUT2D eigenvalue weighted by Gasteiger charge is 2.36. The Balaban J connectivity index is 1.63. The summed E-state index contributed by atoms with van der Waals surface area (Å²) in [6.45, 7) is 6.05. The SMILES string of the molecule is CCC(CC)C(=O)Nc1ccc(C2=CC3(CCNCC3)Oc3ccccc32)cc1. The summed E-state index contributed by atoms with van der Waals surface area (Å²) in [5.74, 6) is 1.13. The van der Waals surface area contributed by atoms with Gasteiger partial charge in [-0.1, -0.05) is 44.2 Å². The highest BCUT2D eigenvalue weighted by atomic mass is 16.5. The maximum absolute atomic E-state index is 12.4. The Hall–Kier alpha value is -2.59. The molecule has 0 aromatic heterocycles. The molecule has 0 aliphatic carbocycles. The zero-order valence-corrected chi connectivity index (χ0v) is 17.3. The summed E-state index contributed by atoms with van der Waals surface area (Å²) in [4.78, 5) is 12.4. The maximum atomic E-state index is 12.4. The van der Waals surface area contributed by atoms with Crippen LogP contribution in [0.25, 0.3) is 5.57 Å². The van der Waals surface area contributed by atoms with Crippen LogP contribution in [0, 0.1) is 5.92 Å². The molecule has 4 heteroatoms. The Morgan fingerprint density at radius 3 is 2.45 bits per heavy atom. The van der Waals surface area contributed by atoms with Gasteiger partial charge in [-0.25, -0.2) is 0 Å². The van der Waals surface area contributed by atoms with Crippen molar-refractivity contribution >= 4 is 17.2 Å². The number of amides is 1. The quantitative estimate of drug-likeness (QED) is 0.755. The topological polar surface area (TPSA) is 50.4 Å². The van der Waals surface area contributed by atoms with Crippen LogP contribution in [0.15, 0.2) is 54.6 Å². The largest absolute Gasteiger partial charge is 0.482 e. The summed E-state index contributed by atoms with van der Waals surface area (Å²) in [7, 11) is 0. The van der Waals surface area contributed by atoms with Crippen molar-refractivity contribution in [1.29, 1.82) is 0 Å². The van der Waals surface area contributed by atoms with Gasteiger partial charge >= 0.3 is 0 Å². The molecule has 2 heterocycles. The lowest BCUT2D eigenvalue weighted by Gasteiger charge is -2.40. The number of para-hydroxylation sites is 1. The summed E-state index contributed by atoms with van der Waals surface area (Å²) in [5, 5.41) is 6.49. The number of hydrogen-bond donors (Lipinski definition) is 2. The minimum Gasteiger partial charge on any atom is -0.482 e. The second-order valence-corrected chi connectivity index (χ2v) is 8.05. The molecule has 2 aliphatic heterocycles. The lowest BCUT2D eigenvalue weighted by Crippen LogP contribution is -2.46. The van der Waals surface area contributed by atoms with Crippen molar-refractivity contribution in [3.63, 3.8) is 0 Å². The van der Waals surface area contributed by atoms with Gasteiger partial charge in [0.25, 0.3) is 0 Å². The molecule has 29 heavy (non-hydrogen) atoms. The van der Waals surface area contributed by atoms with E-state index in [1.54, 1.807) is 0 Å². The number of carbonyl (C=O) groups excluding carboxylic acids is 1. The van der Waals surface area contributed by atoms with E-state index in [2.05, 4.69) is 60.9 Å². The molecule has 152 valence electrons. The lowest BCUT2D eigenvalue weighted by molar-refractivity contribution is -0.120. The third kappa shape index (κ3) is 4.08. The van der Waals surface area contributed by atoms with Crippen LogP contribution in [-0.2, 0) is 4.79 Å². The first-order chi connectivity index (χ1) is 14.1. The summed E-state index contributed by atoms with van der Waals surface area (Å²) >= 11 is 0. The Labute approximate surface area is 173 Å². The first-order valence-electron chi connectivity index (χ1n) is 10.8. The molecule has 2 aromatic carbocycles. The van der Waals surface area contributed by atoms with E-state index in [1.165, 1.54) is 5.57 Å². The number of benzene rings is 2. The van der Waals surface area contributed by atoms with Gasteiger partial charge in [-0.05, 0) is 61.3 Å². The van der Waals surface area contributed by atoms with Crippen molar-refractivity contribution in [3.8, 4) is 5.75 Å². The van der Waals surface area contributed by atoms with Crippen molar-refractivity contribution in [2.75, 3.05) is 18.4 Å². The van der Waals surface area contributed by atoms with E-state index in [1.807, 2.05) is 18.2 Å². The smallest absolute Gasteiger partial charge is 0.227 e. The van der Waals surface area contributed by atoms with Crippen molar-refractivity contribution in [1.82, 2.24) is 5.32 Å². The summed E-state index contributed by atoms with van der Waals surface area (Å²) in [5.41, 5.74) is 4.11. The highest BCUT2D eigenvalue weighted by molar-refractivity contribution is 5.93. The molecule has 1 amide bonds. The van der Waals surface area contributed by atoms with E-state index in [0.29, 0.717) is 0 Å². The van der Waals surface area contributed by atoms with Gasteiger partial charge < -0.3 is 15.4 Å². The van der Waals surface area contributed by atoms with E-state index in [4.69, 9.17) is 4.74 Å². The second kappa shape index (κ2) is 8.42. The van der Waals surface area contributed by atoms with Crippen LogP contribution in [0.5, 0.6) is 5.75 Å². The standard InChI is InChI=1S/C25H30N2O2/c1-3-18(4-2)24(28)27-20-11-9-19(10-12-20)22-17-25(13-15-26-16-14-25)29-23-8-6-5-7-21(22)23/h5-12,17-18,26H,3-4,13-16H2,1-2H3,(H,27,28). The minimum absolute atomic E-state index is 0.0690. The van der Waals surface area contributed by atoms with Crippen LogP contribution in [-0.4, -0.2) is 24.6 Å². The molecule has 2 aliphatic rings. The lowest BCUT2D eigenvalue weighted by atomic mass is 9.83. The molecule has 2 aromatic rings. The molecule has 0 bridgehead atoms. The average Bonchev–Trinajstić information content (AvgIpc) is 2.75. The van der Waals surface area contributed by atoms with Gasteiger partial charge in [0.15, 0.2) is 0 Å². The van der Waals surface area contributed by atoms with E-state index in [9.17, 15) is 4.79 Å². The number of piperidine rings is 1. The van der Waals surface area contributed by atoms with Gasteiger partial charge in [-0.2, -0.15) is 0 Å². The number of hydrogen-bond acceptors (Lipinski definition) is 3. The fraction of sp³-hybridized carbons (Fsp3) is 0.400. The zero-order chi connectivity index (χ0) is 20.3. The van der Waals surface area contributed by atoms with Crippen molar-refractivity contribution < 1.29 is 9.53 Å². The Morgan fingerprint density at radius 2 is 1.76 bits per heavy atom. The molecule has 1 spiro atoms. The molecule has 0 saturated carbocycles. The molecule has 4 rings (SSSR count). The van der Waals surface area contributed by atoms with E-state index >= 15 is 0 Å². The number of fused-ring (bicyclic) bond motifs is 1. The Bertz CT molecular complexity index is 891. The van der Waals surface area contributed by atoms with Crippen LogP contribution < -0.4 is 15.4 Å². The molecule has 4 nitrogen and oxygen atoms in total. The fourth-order valence-corrected chi connectivity index (χ4v) is 4.34. The zero-order valence-electron chi connectivity index (χ0n) is 17.3. The number of carbonyl (C=O) groups is 1. The predicted octanol–water partition coefficient (Wildman–Crippen LogP) is 5.01. The van der Waals surface area contributed by atoms with E-state index < -0.39 is 0 Å². The number of nitrogens with one attached hydrogen (secondary N) is 2. The fourth-order valence-electron chi connectivity index (χ4n) is 4.34. The second-order valence-electron chi connectivity index (χ2n) is 8.05. The average molecular weight is 391 g/mol. The summed E-state index contributed by atoms with van der Waals surface area (Å²) in [6, 6.07) is 16.5. The molecule has 2 N–H and O–H groups in total. The molecule has 0 unspecified atom stereocenters. The third-order valence-corrected chi connectivity index (χ3v) is 6.17. The van der Waals surface area contributed by atoms with Crippen LogP contribution in [0.1, 0.15) is 50.7 Å². The summed E-state index contributed by atoms with van der Waals surface area (Å²) in [6.07, 6.45) is 5.97. The predicted molar refractivity (Wildman–Crippen MR) is 118 cm³/mol. The molecule has 0 radical (unpaired) electrons. The Kier molecular flexibility index (Phi) is 5.72. The maximum Gasteiger partial charge on any atom is 0.227 e. The van der Waals surface area contributed by atoms with E-state index in [-0.39, 0.29) is 17.4 Å². The number of anilines is 1. The number of rotatable bonds is 5. The van der Waals surface area contributed by atoms with Gasteiger partial charge in [0.1, 0.15) is 11.4 Å². The molecular weight excluding hydrogens is 360 g/mol. The van der Waals surface area contributed by atoms with Gasteiger partial charge in [-0.15, -0.1) is 0 Å². The van der Waals surface area contributed by atoms with Crippen molar-refractivity contribution in [2.45, 2.75) is 45.1 Å². The minimum atomic E-state index is -0.239. The van der Waals surface area contributed by atoms with E-state index in [0.717, 1.165) is 61.3 Å². The van der Waals surface area contributed by atoms with Crippen molar-refractivity contribution in [3.05, 3.63) is 65.7 Å². The molecule has 1 fully saturated rings. The monoisotopic (exact) mass is 390 g/mol. The van der Waals surface area contributed by atoms with Gasteiger partial charge in [0.2, 0.25) is 5.91 Å². The number of ether oxygens (including phenoxy) is 1. The first-order valence-corrected chi connectivity index (χ1v) is 10.8. The van der Waals surface area contributed by atoms with Crippen LogP contribution >= 0.6 is 0 Å². The molecule has 1 saturated heterocycles. The van der Waals surface area contributed by atoms with Crippen molar-refractivity contribution in [2.24, 2.45) is 5.92 Å². The molecule has 0 atom stereocenters. The van der Waals surface area contributed by atoms with Gasteiger partial charge in [0.05, 0.1) is 0 Å². The van der Waals surface area contributed by atoms with Crippen LogP contribution in [0.2, 0.25) is 0 Å². The van der Waals surface area contributed by atoms with Gasteiger partial charge in [-0.3, -0.25) is 4.79 Å². The Morgan fingerprint density at radius 1 is 1.07 bits per heavy atom. The first kappa shape index (κ1) is 19.7. The van der Waals surface area contributed by atoms with Crippen LogP contribution in [0.3, 0.4) is 0 Å². The highest BCUT2D eigenvalue weighted by Crippen LogP contribution is 2.42. The summed E-state index contributed by atoms with van der Waals surface area (Å²) < 4.78 is 6.47. The normalized spacial score (nSPS) is 17.4.